The van der Waals surface area contributed by atoms with E-state index in [2.05, 4.69) is 5.32 Å². The van der Waals surface area contributed by atoms with E-state index in [1.807, 2.05) is 0 Å². The molecule has 1 rings (SSSR count). The Labute approximate surface area is 121 Å². The molecule has 1 atom stereocenters. The van der Waals surface area contributed by atoms with E-state index in [9.17, 15) is 13.2 Å². The zero-order valence-electron chi connectivity index (χ0n) is 12.5. The van der Waals surface area contributed by atoms with E-state index in [4.69, 9.17) is 4.74 Å². The van der Waals surface area contributed by atoms with Crippen molar-refractivity contribution in [2.24, 2.45) is 5.92 Å². The number of piperidine rings is 1. The largest absolute Gasteiger partial charge is 0.385 e. The molecule has 1 aliphatic heterocycles. The van der Waals surface area contributed by atoms with Gasteiger partial charge in [0.2, 0.25) is 5.91 Å². The minimum Gasteiger partial charge on any atom is -0.385 e. The molecule has 1 heterocycles. The van der Waals surface area contributed by atoms with E-state index in [1.165, 1.54) is 22.7 Å². The van der Waals surface area contributed by atoms with E-state index in [-0.39, 0.29) is 18.4 Å². The maximum atomic E-state index is 12.1. The fourth-order valence-corrected chi connectivity index (χ4v) is 3.36. The third kappa shape index (κ3) is 4.69. The highest BCUT2D eigenvalue weighted by atomic mass is 32.2. The Hall–Kier alpha value is -0.700. The first-order valence-corrected chi connectivity index (χ1v) is 8.23. The summed E-state index contributed by atoms with van der Waals surface area (Å²) in [6.07, 6.45) is 2.20. The maximum absolute atomic E-state index is 12.1. The van der Waals surface area contributed by atoms with Gasteiger partial charge in [-0.15, -0.1) is 0 Å². The summed E-state index contributed by atoms with van der Waals surface area (Å²) in [5.41, 5.74) is 0. The van der Waals surface area contributed by atoms with E-state index in [0.717, 1.165) is 12.8 Å². The van der Waals surface area contributed by atoms with Crippen LogP contribution < -0.4 is 5.32 Å². The smallest absolute Gasteiger partial charge is 0.281 e. The van der Waals surface area contributed by atoms with Crippen molar-refractivity contribution in [1.82, 2.24) is 13.9 Å². The topological polar surface area (TPSA) is 79.0 Å². The second kappa shape index (κ2) is 7.92. The van der Waals surface area contributed by atoms with Gasteiger partial charge in [0.15, 0.2) is 0 Å². The van der Waals surface area contributed by atoms with Gasteiger partial charge in [0, 0.05) is 47.4 Å². The molecule has 0 spiro atoms. The lowest BCUT2D eigenvalue weighted by atomic mass is 9.99. The van der Waals surface area contributed by atoms with Gasteiger partial charge in [-0.25, -0.2) is 0 Å². The van der Waals surface area contributed by atoms with Gasteiger partial charge in [0.05, 0.1) is 5.92 Å². The molecule has 0 aromatic heterocycles. The van der Waals surface area contributed by atoms with Crippen LogP contribution in [0.2, 0.25) is 0 Å². The second-order valence-corrected chi connectivity index (χ2v) is 7.27. The Balaban J connectivity index is 2.50. The van der Waals surface area contributed by atoms with Crippen LogP contribution in [0, 0.1) is 5.92 Å². The van der Waals surface area contributed by atoms with Gasteiger partial charge in [-0.1, -0.05) is 0 Å². The van der Waals surface area contributed by atoms with Crippen LogP contribution in [0.5, 0.6) is 0 Å². The number of amides is 1. The highest BCUT2D eigenvalue weighted by Crippen LogP contribution is 2.20. The zero-order valence-corrected chi connectivity index (χ0v) is 13.3. The summed E-state index contributed by atoms with van der Waals surface area (Å²) in [5.74, 6) is -0.333. The molecule has 118 valence electrons. The fourth-order valence-electron chi connectivity index (χ4n) is 2.17. The number of hydrogen-bond acceptors (Lipinski definition) is 4. The van der Waals surface area contributed by atoms with Crippen LogP contribution in [-0.4, -0.2) is 70.4 Å². The Morgan fingerprint density at radius 3 is 2.75 bits per heavy atom. The van der Waals surface area contributed by atoms with E-state index in [0.29, 0.717) is 26.1 Å². The Kier molecular flexibility index (Phi) is 6.87. The van der Waals surface area contributed by atoms with Crippen molar-refractivity contribution in [2.45, 2.75) is 19.3 Å². The lowest BCUT2D eigenvalue weighted by molar-refractivity contribution is -0.126. The second-order valence-electron chi connectivity index (χ2n) is 5.12. The van der Waals surface area contributed by atoms with Crippen LogP contribution in [0.25, 0.3) is 0 Å². The lowest BCUT2D eigenvalue weighted by Gasteiger charge is -2.32. The average molecular weight is 307 g/mol. The number of nitrogens with one attached hydrogen (secondary N) is 1. The van der Waals surface area contributed by atoms with Crippen molar-refractivity contribution in [3.63, 3.8) is 0 Å². The van der Waals surface area contributed by atoms with Crippen molar-refractivity contribution in [3.8, 4) is 0 Å². The number of methoxy groups -OCH3 is 1. The van der Waals surface area contributed by atoms with Gasteiger partial charge in [0.1, 0.15) is 0 Å². The summed E-state index contributed by atoms with van der Waals surface area (Å²) >= 11 is 0. The molecule has 20 heavy (non-hydrogen) atoms. The predicted octanol–water partition coefficient (Wildman–Crippen LogP) is -0.342. The summed E-state index contributed by atoms with van der Waals surface area (Å²) in [6, 6.07) is 0. The molecule has 0 aromatic rings. The first-order valence-electron chi connectivity index (χ1n) is 6.84. The molecule has 1 fully saturated rings. The first-order chi connectivity index (χ1) is 9.39. The van der Waals surface area contributed by atoms with Crippen LogP contribution >= 0.6 is 0 Å². The molecule has 8 heteroatoms. The number of hydrogen-bond donors (Lipinski definition) is 1. The molecule has 0 bridgehead atoms. The van der Waals surface area contributed by atoms with E-state index in [1.54, 1.807) is 7.11 Å². The highest BCUT2D eigenvalue weighted by molar-refractivity contribution is 7.86. The molecule has 1 aliphatic rings. The number of ether oxygens (including phenoxy) is 1. The van der Waals surface area contributed by atoms with Crippen LogP contribution in [0.15, 0.2) is 0 Å². The van der Waals surface area contributed by atoms with Crippen molar-refractivity contribution in [2.75, 3.05) is 47.4 Å². The molecule has 0 radical (unpaired) electrons. The monoisotopic (exact) mass is 307 g/mol. The van der Waals surface area contributed by atoms with Gasteiger partial charge in [-0.05, 0) is 19.3 Å². The molecule has 0 aliphatic carbocycles. The predicted molar refractivity (Wildman–Crippen MR) is 76.4 cm³/mol. The molecule has 1 saturated heterocycles. The molecule has 1 amide bonds. The summed E-state index contributed by atoms with van der Waals surface area (Å²) in [7, 11) is 1.20. The molecule has 0 unspecified atom stereocenters. The third-order valence-electron chi connectivity index (χ3n) is 3.37. The van der Waals surface area contributed by atoms with E-state index < -0.39 is 10.2 Å². The summed E-state index contributed by atoms with van der Waals surface area (Å²) in [4.78, 5) is 12.0. The molecule has 0 aromatic carbocycles. The van der Waals surface area contributed by atoms with Gasteiger partial charge >= 0.3 is 0 Å². The lowest BCUT2D eigenvalue weighted by Crippen LogP contribution is -2.48. The maximum Gasteiger partial charge on any atom is 0.281 e. The molecular weight excluding hydrogens is 282 g/mol. The SMILES string of the molecule is COCCCNC(=O)[C@H]1CCCN(S(=O)(=O)N(C)C)C1. The number of carbonyl (C=O) groups excluding carboxylic acids is 1. The standard InChI is InChI=1S/C12H25N3O4S/c1-14(2)20(17,18)15-8-4-6-11(10-15)12(16)13-7-5-9-19-3/h11H,4-10H2,1-3H3,(H,13,16)/t11-/m0/s1. The van der Waals surface area contributed by atoms with Crippen LogP contribution in [0.4, 0.5) is 0 Å². The van der Waals surface area contributed by atoms with Crippen molar-refractivity contribution in [3.05, 3.63) is 0 Å². The van der Waals surface area contributed by atoms with Crippen LogP contribution in [0.3, 0.4) is 0 Å². The van der Waals surface area contributed by atoms with Crippen molar-refractivity contribution < 1.29 is 17.9 Å². The van der Waals surface area contributed by atoms with Gasteiger partial charge in [0.25, 0.3) is 10.2 Å². The average Bonchev–Trinajstić information content (AvgIpc) is 2.43. The first kappa shape index (κ1) is 17.4. The summed E-state index contributed by atoms with van der Waals surface area (Å²) in [6.45, 7) is 1.90. The summed E-state index contributed by atoms with van der Waals surface area (Å²) in [5, 5.41) is 2.83. The Morgan fingerprint density at radius 2 is 2.15 bits per heavy atom. The molecule has 0 saturated carbocycles. The number of nitrogens with zero attached hydrogens (tertiary/aromatic N) is 2. The summed E-state index contributed by atoms with van der Waals surface area (Å²) < 4.78 is 31.6. The van der Waals surface area contributed by atoms with Crippen LogP contribution in [0.1, 0.15) is 19.3 Å². The number of rotatable bonds is 7. The molecular formula is C12H25N3O4S. The number of carbonyl (C=O) groups is 1. The Bertz CT molecular complexity index is 411. The normalized spacial score (nSPS) is 21.1. The molecule has 7 nitrogen and oxygen atoms in total. The van der Waals surface area contributed by atoms with Crippen molar-refractivity contribution >= 4 is 16.1 Å². The highest BCUT2D eigenvalue weighted by Gasteiger charge is 2.33. The Morgan fingerprint density at radius 1 is 1.45 bits per heavy atom. The van der Waals surface area contributed by atoms with Gasteiger partial charge in [-0.3, -0.25) is 4.79 Å². The quantitative estimate of drug-likeness (QED) is 0.653. The molecule has 1 N–H and O–H groups in total. The van der Waals surface area contributed by atoms with Crippen LogP contribution in [-0.2, 0) is 19.7 Å². The minimum atomic E-state index is -3.43. The third-order valence-corrected chi connectivity index (χ3v) is 5.27. The van der Waals surface area contributed by atoms with Gasteiger partial charge in [-0.2, -0.15) is 17.0 Å². The zero-order chi connectivity index (χ0) is 15.2. The minimum absolute atomic E-state index is 0.0697. The van der Waals surface area contributed by atoms with E-state index >= 15 is 0 Å². The van der Waals surface area contributed by atoms with Gasteiger partial charge < -0.3 is 10.1 Å². The fraction of sp³-hybridized carbons (Fsp3) is 0.917. The van der Waals surface area contributed by atoms with Crippen molar-refractivity contribution in [1.29, 1.82) is 0 Å².